The topological polar surface area (TPSA) is 79.7 Å². The van der Waals surface area contributed by atoms with Crippen LogP contribution in [0.3, 0.4) is 0 Å². The number of aliphatic hydroxyl groups is 1. The summed E-state index contributed by atoms with van der Waals surface area (Å²) in [4.78, 5) is 32.1. The lowest BCUT2D eigenvalue weighted by Gasteiger charge is -2.25. The van der Waals surface area contributed by atoms with Crippen LogP contribution in [0.4, 0.5) is 0 Å². The van der Waals surface area contributed by atoms with E-state index in [1.54, 1.807) is 42.7 Å². The molecule has 1 aliphatic rings. The predicted molar refractivity (Wildman–Crippen MR) is 145 cm³/mol. The SMILES string of the molecule is Cc1ccc([C@@H]2/C(=C(\O)c3ccc(OCc4cccc(C)c4)cc3)C(=O)C(=O)N2Cc2cccnc2)cc1. The summed E-state index contributed by atoms with van der Waals surface area (Å²) >= 11 is 0. The van der Waals surface area contributed by atoms with Gasteiger partial charge in [0.05, 0.1) is 11.6 Å². The summed E-state index contributed by atoms with van der Waals surface area (Å²) in [5, 5.41) is 11.3. The number of Topliss-reactive ketones (excluding diaryl/α,β-unsaturated/α-hetero) is 1. The highest BCUT2D eigenvalue weighted by molar-refractivity contribution is 6.46. The van der Waals surface area contributed by atoms with Crippen molar-refractivity contribution in [3.05, 3.63) is 136 Å². The van der Waals surface area contributed by atoms with Crippen molar-refractivity contribution in [2.45, 2.75) is 33.0 Å². The van der Waals surface area contributed by atoms with Crippen LogP contribution >= 0.6 is 0 Å². The van der Waals surface area contributed by atoms with E-state index in [-0.39, 0.29) is 17.9 Å². The lowest BCUT2D eigenvalue weighted by Crippen LogP contribution is -2.29. The first-order chi connectivity index (χ1) is 18.4. The summed E-state index contributed by atoms with van der Waals surface area (Å²) in [5.74, 6) is -0.946. The molecule has 1 aromatic heterocycles. The van der Waals surface area contributed by atoms with Gasteiger partial charge in [0.25, 0.3) is 11.7 Å². The zero-order valence-corrected chi connectivity index (χ0v) is 21.3. The number of pyridine rings is 1. The number of aromatic nitrogens is 1. The molecule has 1 fully saturated rings. The number of aryl methyl sites for hydroxylation is 2. The van der Waals surface area contributed by atoms with E-state index in [2.05, 4.69) is 11.1 Å². The second-order valence-electron chi connectivity index (χ2n) is 9.50. The van der Waals surface area contributed by atoms with Gasteiger partial charge in [0.1, 0.15) is 18.1 Å². The fraction of sp³-hybridized carbons (Fsp3) is 0.156. The first-order valence-corrected chi connectivity index (χ1v) is 12.4. The first kappa shape index (κ1) is 25.0. The van der Waals surface area contributed by atoms with Crippen molar-refractivity contribution < 1.29 is 19.4 Å². The molecule has 1 atom stereocenters. The van der Waals surface area contributed by atoms with Gasteiger partial charge in [-0.05, 0) is 60.9 Å². The molecule has 6 heteroatoms. The van der Waals surface area contributed by atoms with E-state index in [1.165, 1.54) is 4.90 Å². The Labute approximate surface area is 221 Å². The van der Waals surface area contributed by atoms with Crippen LogP contribution in [0.25, 0.3) is 5.76 Å². The molecule has 38 heavy (non-hydrogen) atoms. The number of carbonyl (C=O) groups excluding carboxylic acids is 2. The van der Waals surface area contributed by atoms with Crippen LogP contribution in [0.5, 0.6) is 5.75 Å². The molecule has 190 valence electrons. The maximum atomic E-state index is 13.3. The highest BCUT2D eigenvalue weighted by Crippen LogP contribution is 2.40. The number of benzene rings is 3. The molecule has 0 aliphatic carbocycles. The van der Waals surface area contributed by atoms with E-state index in [4.69, 9.17) is 4.74 Å². The number of likely N-dealkylation sites (tertiary alicyclic amines) is 1. The van der Waals surface area contributed by atoms with Crippen LogP contribution in [0.2, 0.25) is 0 Å². The van der Waals surface area contributed by atoms with Crippen molar-refractivity contribution in [1.29, 1.82) is 0 Å². The maximum Gasteiger partial charge on any atom is 0.295 e. The fourth-order valence-corrected chi connectivity index (χ4v) is 4.66. The molecule has 3 aromatic carbocycles. The summed E-state index contributed by atoms with van der Waals surface area (Å²) < 4.78 is 5.90. The average Bonchev–Trinajstić information content (AvgIpc) is 3.18. The first-order valence-electron chi connectivity index (χ1n) is 12.4. The van der Waals surface area contributed by atoms with Crippen molar-refractivity contribution in [2.75, 3.05) is 0 Å². The fourth-order valence-electron chi connectivity index (χ4n) is 4.66. The third-order valence-corrected chi connectivity index (χ3v) is 6.62. The molecule has 1 aliphatic heterocycles. The number of carbonyl (C=O) groups is 2. The second-order valence-corrected chi connectivity index (χ2v) is 9.50. The van der Waals surface area contributed by atoms with Gasteiger partial charge in [-0.15, -0.1) is 0 Å². The monoisotopic (exact) mass is 504 g/mol. The summed E-state index contributed by atoms with van der Waals surface area (Å²) in [6.45, 7) is 4.61. The lowest BCUT2D eigenvalue weighted by molar-refractivity contribution is -0.140. The third kappa shape index (κ3) is 5.20. The number of nitrogens with zero attached hydrogens (tertiary/aromatic N) is 2. The number of rotatable bonds is 7. The van der Waals surface area contributed by atoms with E-state index in [1.807, 2.05) is 62.4 Å². The van der Waals surface area contributed by atoms with E-state index >= 15 is 0 Å². The van der Waals surface area contributed by atoms with Crippen molar-refractivity contribution in [3.8, 4) is 5.75 Å². The van der Waals surface area contributed by atoms with Gasteiger partial charge in [-0.2, -0.15) is 0 Å². The molecule has 1 amide bonds. The number of ketones is 1. The Bertz CT molecular complexity index is 1490. The van der Waals surface area contributed by atoms with Crippen LogP contribution in [0, 0.1) is 13.8 Å². The zero-order chi connectivity index (χ0) is 26.6. The van der Waals surface area contributed by atoms with Crippen molar-refractivity contribution in [2.24, 2.45) is 0 Å². The second kappa shape index (κ2) is 10.7. The van der Waals surface area contributed by atoms with Gasteiger partial charge < -0.3 is 14.7 Å². The van der Waals surface area contributed by atoms with Crippen LogP contribution in [0.15, 0.2) is 103 Å². The van der Waals surface area contributed by atoms with E-state index in [9.17, 15) is 14.7 Å². The lowest BCUT2D eigenvalue weighted by atomic mass is 9.94. The molecule has 0 bridgehead atoms. The molecule has 0 unspecified atom stereocenters. The van der Waals surface area contributed by atoms with Gasteiger partial charge in [-0.3, -0.25) is 14.6 Å². The van der Waals surface area contributed by atoms with Crippen LogP contribution in [0.1, 0.15) is 39.4 Å². The minimum atomic E-state index is -0.729. The average molecular weight is 505 g/mol. The third-order valence-electron chi connectivity index (χ3n) is 6.62. The minimum Gasteiger partial charge on any atom is -0.507 e. The van der Waals surface area contributed by atoms with Crippen LogP contribution in [-0.4, -0.2) is 26.7 Å². The van der Waals surface area contributed by atoms with Crippen molar-refractivity contribution in [1.82, 2.24) is 9.88 Å². The van der Waals surface area contributed by atoms with Crippen molar-refractivity contribution in [3.63, 3.8) is 0 Å². The standard InChI is InChI=1S/C32H28N2O4/c1-21-8-10-25(11-9-21)29-28(31(36)32(37)34(29)19-24-7-4-16-33-18-24)30(35)26-12-14-27(15-13-26)38-20-23-6-3-5-22(2)17-23/h3-18,29,35H,19-20H2,1-2H3/b30-28+/t29-/m1/s1. The quantitative estimate of drug-likeness (QED) is 0.193. The Morgan fingerprint density at radius 2 is 1.63 bits per heavy atom. The number of hydrogen-bond acceptors (Lipinski definition) is 5. The predicted octanol–water partition coefficient (Wildman–Crippen LogP) is 5.90. The highest BCUT2D eigenvalue weighted by atomic mass is 16.5. The van der Waals surface area contributed by atoms with Crippen molar-refractivity contribution >= 4 is 17.4 Å². The minimum absolute atomic E-state index is 0.0659. The normalized spacial score (nSPS) is 16.6. The van der Waals surface area contributed by atoms with Gasteiger partial charge in [0.2, 0.25) is 0 Å². The Morgan fingerprint density at radius 1 is 0.895 bits per heavy atom. The van der Waals surface area contributed by atoms with E-state index < -0.39 is 17.7 Å². The summed E-state index contributed by atoms with van der Waals surface area (Å²) in [7, 11) is 0. The molecule has 4 aromatic rings. The van der Waals surface area contributed by atoms with Crippen LogP contribution in [-0.2, 0) is 22.7 Å². The molecule has 0 radical (unpaired) electrons. The molecule has 1 saturated heterocycles. The van der Waals surface area contributed by atoms with Gasteiger partial charge >= 0.3 is 0 Å². The van der Waals surface area contributed by atoms with Crippen LogP contribution < -0.4 is 4.74 Å². The maximum absolute atomic E-state index is 13.3. The Kier molecular flexibility index (Phi) is 7.05. The number of ether oxygens (including phenoxy) is 1. The number of hydrogen-bond donors (Lipinski definition) is 1. The molecule has 1 N–H and O–H groups in total. The van der Waals surface area contributed by atoms with Gasteiger partial charge in [0.15, 0.2) is 0 Å². The van der Waals surface area contributed by atoms with Gasteiger partial charge in [-0.25, -0.2) is 0 Å². The molecular weight excluding hydrogens is 476 g/mol. The summed E-state index contributed by atoms with van der Waals surface area (Å²) in [5.41, 5.74) is 5.32. The molecular formula is C32H28N2O4. The Balaban J connectivity index is 1.47. The molecule has 6 nitrogen and oxygen atoms in total. The molecule has 2 heterocycles. The zero-order valence-electron chi connectivity index (χ0n) is 21.3. The number of amides is 1. The van der Waals surface area contributed by atoms with E-state index in [0.717, 1.165) is 27.8 Å². The smallest absolute Gasteiger partial charge is 0.295 e. The van der Waals surface area contributed by atoms with E-state index in [0.29, 0.717) is 17.9 Å². The molecule has 0 saturated carbocycles. The Hall–Kier alpha value is -4.71. The van der Waals surface area contributed by atoms with Gasteiger partial charge in [0, 0.05) is 24.5 Å². The largest absolute Gasteiger partial charge is 0.507 e. The molecule has 5 rings (SSSR count). The highest BCUT2D eigenvalue weighted by Gasteiger charge is 2.46. The summed E-state index contributed by atoms with van der Waals surface area (Å²) in [6.07, 6.45) is 3.32. The van der Waals surface area contributed by atoms with Gasteiger partial charge in [-0.1, -0.05) is 65.7 Å². The number of aliphatic hydroxyl groups excluding tert-OH is 1. The molecule has 0 spiro atoms. The Morgan fingerprint density at radius 3 is 2.32 bits per heavy atom. The summed E-state index contributed by atoms with van der Waals surface area (Å²) in [6, 6.07) is 25.5.